The molecule has 0 aromatic carbocycles. The Morgan fingerprint density at radius 1 is 1.20 bits per heavy atom. The number of aromatic nitrogens is 2. The van der Waals surface area contributed by atoms with Crippen molar-refractivity contribution in [3.8, 4) is 0 Å². The van der Waals surface area contributed by atoms with Crippen LogP contribution in [0.15, 0.2) is 4.52 Å². The zero-order valence-corrected chi connectivity index (χ0v) is 16.8. The van der Waals surface area contributed by atoms with E-state index in [1.165, 1.54) is 8.61 Å². The van der Waals surface area contributed by atoms with E-state index < -0.39 is 25.3 Å². The third kappa shape index (κ3) is 4.57. The molecule has 11 heteroatoms. The first-order valence-electron chi connectivity index (χ1n) is 8.21. The minimum absolute atomic E-state index is 0.105. The van der Waals surface area contributed by atoms with Crippen LogP contribution in [0, 0.1) is 0 Å². The summed E-state index contributed by atoms with van der Waals surface area (Å²) in [6, 6.07) is -0.361. The number of sulfonamides is 2. The highest BCUT2D eigenvalue weighted by molar-refractivity contribution is 7.89. The van der Waals surface area contributed by atoms with E-state index in [-0.39, 0.29) is 31.6 Å². The molecule has 144 valence electrons. The Kier molecular flexibility index (Phi) is 5.92. The fourth-order valence-corrected chi connectivity index (χ4v) is 4.99. The van der Waals surface area contributed by atoms with E-state index in [1.54, 1.807) is 13.8 Å². The highest BCUT2D eigenvalue weighted by Crippen LogP contribution is 2.23. The van der Waals surface area contributed by atoms with Crippen LogP contribution in [0.3, 0.4) is 0 Å². The van der Waals surface area contributed by atoms with Crippen LogP contribution in [-0.2, 0) is 26.5 Å². The minimum atomic E-state index is -3.47. The van der Waals surface area contributed by atoms with Crippen LogP contribution < -0.4 is 0 Å². The largest absolute Gasteiger partial charge is 0.339 e. The van der Waals surface area contributed by atoms with E-state index in [4.69, 9.17) is 4.52 Å². The van der Waals surface area contributed by atoms with Gasteiger partial charge in [-0.15, -0.1) is 0 Å². The van der Waals surface area contributed by atoms with Crippen LogP contribution in [0.5, 0.6) is 0 Å². The molecule has 0 atom stereocenters. The van der Waals surface area contributed by atoms with Crippen molar-refractivity contribution in [2.75, 3.05) is 25.9 Å². The average molecular weight is 395 g/mol. The average Bonchev–Trinajstić information content (AvgIpc) is 2.88. The number of hydrogen-bond donors (Lipinski definition) is 0. The molecule has 1 aromatic heterocycles. The van der Waals surface area contributed by atoms with Gasteiger partial charge in [0.1, 0.15) is 0 Å². The predicted molar refractivity (Wildman–Crippen MR) is 93.1 cm³/mol. The van der Waals surface area contributed by atoms with E-state index >= 15 is 0 Å². The van der Waals surface area contributed by atoms with Gasteiger partial charge in [0.15, 0.2) is 5.82 Å². The molecule has 2 rings (SSSR count). The SMILES string of the molecule is CC(C)c1nc(CCN(C2CN(S(=O)(=O)C(C)C)C2)S(C)(=O)=O)no1. The van der Waals surface area contributed by atoms with Crippen LogP contribution in [0.2, 0.25) is 0 Å². The first-order valence-corrected chi connectivity index (χ1v) is 11.6. The van der Waals surface area contributed by atoms with Crippen molar-refractivity contribution in [2.45, 2.75) is 51.3 Å². The monoisotopic (exact) mass is 394 g/mol. The molecule has 0 N–H and O–H groups in total. The molecule has 2 heterocycles. The Balaban J connectivity index is 2.02. The molecule has 0 saturated carbocycles. The lowest BCUT2D eigenvalue weighted by molar-refractivity contribution is 0.154. The summed E-state index contributed by atoms with van der Waals surface area (Å²) in [5, 5.41) is 3.34. The molecule has 0 bridgehead atoms. The van der Waals surface area contributed by atoms with Gasteiger partial charge < -0.3 is 4.52 Å². The third-order valence-electron chi connectivity index (χ3n) is 4.15. The van der Waals surface area contributed by atoms with Gasteiger partial charge in [0.25, 0.3) is 0 Å². The van der Waals surface area contributed by atoms with E-state index in [9.17, 15) is 16.8 Å². The second kappa shape index (κ2) is 7.29. The van der Waals surface area contributed by atoms with E-state index in [0.29, 0.717) is 18.1 Å². The van der Waals surface area contributed by atoms with Gasteiger partial charge in [-0.25, -0.2) is 16.8 Å². The summed E-state index contributed by atoms with van der Waals surface area (Å²) in [4.78, 5) is 4.24. The second-order valence-electron chi connectivity index (χ2n) is 6.89. The van der Waals surface area contributed by atoms with Crippen molar-refractivity contribution in [1.29, 1.82) is 0 Å². The quantitative estimate of drug-likeness (QED) is 0.628. The molecule has 0 amide bonds. The van der Waals surface area contributed by atoms with E-state index in [1.807, 2.05) is 13.8 Å². The molecule has 0 spiro atoms. The molecule has 25 heavy (non-hydrogen) atoms. The Morgan fingerprint density at radius 2 is 1.80 bits per heavy atom. The first kappa shape index (κ1) is 20.3. The molecule has 1 fully saturated rings. The maximum absolute atomic E-state index is 12.1. The minimum Gasteiger partial charge on any atom is -0.339 e. The summed E-state index contributed by atoms with van der Waals surface area (Å²) >= 11 is 0. The highest BCUT2D eigenvalue weighted by Gasteiger charge is 2.42. The van der Waals surface area contributed by atoms with Crippen LogP contribution in [0.4, 0.5) is 0 Å². The number of hydrogen-bond acceptors (Lipinski definition) is 7. The van der Waals surface area contributed by atoms with Gasteiger partial charge in [0.05, 0.1) is 17.5 Å². The van der Waals surface area contributed by atoms with Gasteiger partial charge in [-0.3, -0.25) is 0 Å². The molecular weight excluding hydrogens is 368 g/mol. The van der Waals surface area contributed by atoms with Gasteiger partial charge in [-0.05, 0) is 13.8 Å². The summed E-state index contributed by atoms with van der Waals surface area (Å²) in [6.45, 7) is 7.62. The van der Waals surface area contributed by atoms with Crippen LogP contribution >= 0.6 is 0 Å². The maximum Gasteiger partial charge on any atom is 0.229 e. The molecule has 1 saturated heterocycles. The van der Waals surface area contributed by atoms with E-state index in [2.05, 4.69) is 10.1 Å². The molecule has 1 aromatic rings. The summed E-state index contributed by atoms with van der Waals surface area (Å²) < 4.78 is 56.1. The molecule has 9 nitrogen and oxygen atoms in total. The van der Waals surface area contributed by atoms with Crippen molar-refractivity contribution in [3.05, 3.63) is 11.7 Å². The zero-order valence-electron chi connectivity index (χ0n) is 15.2. The van der Waals surface area contributed by atoms with E-state index in [0.717, 1.165) is 6.26 Å². The molecule has 0 unspecified atom stereocenters. The topological polar surface area (TPSA) is 114 Å². The molecular formula is C14H26N4O5S2. The van der Waals surface area contributed by atoms with Crippen molar-refractivity contribution >= 4 is 20.0 Å². The highest BCUT2D eigenvalue weighted by atomic mass is 32.2. The van der Waals surface area contributed by atoms with Gasteiger partial charge >= 0.3 is 0 Å². The fraction of sp³-hybridized carbons (Fsp3) is 0.857. The fourth-order valence-electron chi connectivity index (χ4n) is 2.54. The smallest absolute Gasteiger partial charge is 0.229 e. The Hall–Kier alpha value is -1.04. The van der Waals surface area contributed by atoms with Crippen LogP contribution in [0.25, 0.3) is 0 Å². The molecule has 1 aliphatic rings. The van der Waals surface area contributed by atoms with Gasteiger partial charge in [0.2, 0.25) is 25.9 Å². The summed E-state index contributed by atoms with van der Waals surface area (Å²) in [7, 11) is -6.82. The molecule has 0 radical (unpaired) electrons. The van der Waals surface area contributed by atoms with Gasteiger partial charge in [-0.2, -0.15) is 13.6 Å². The maximum atomic E-state index is 12.1. The van der Waals surface area contributed by atoms with Crippen molar-refractivity contribution < 1.29 is 21.4 Å². The van der Waals surface area contributed by atoms with Crippen molar-refractivity contribution in [1.82, 2.24) is 18.8 Å². The second-order valence-corrected chi connectivity index (χ2v) is 11.3. The lowest BCUT2D eigenvalue weighted by Crippen LogP contribution is -2.63. The molecule has 0 aliphatic carbocycles. The lowest BCUT2D eigenvalue weighted by atomic mass is 10.2. The van der Waals surface area contributed by atoms with Crippen LogP contribution in [-0.4, -0.2) is 72.8 Å². The first-order chi connectivity index (χ1) is 11.4. The van der Waals surface area contributed by atoms with Crippen molar-refractivity contribution in [3.63, 3.8) is 0 Å². The summed E-state index contributed by atoms with van der Waals surface area (Å²) in [5.41, 5.74) is 0. The Labute approximate surface area is 149 Å². The van der Waals surface area contributed by atoms with Gasteiger partial charge in [0, 0.05) is 32.0 Å². The third-order valence-corrected chi connectivity index (χ3v) is 7.69. The standard InChI is InChI=1S/C14H26N4O5S2/c1-10(2)14-15-13(16-23-14)6-7-18(24(5,19)20)12-8-17(9-12)25(21,22)11(3)4/h10-12H,6-9H2,1-5H3. The normalized spacial score (nSPS) is 17.6. The zero-order chi connectivity index (χ0) is 19.0. The number of nitrogens with zero attached hydrogens (tertiary/aromatic N) is 4. The molecule has 1 aliphatic heterocycles. The van der Waals surface area contributed by atoms with Gasteiger partial charge in [-0.1, -0.05) is 19.0 Å². The number of rotatable bonds is 8. The predicted octanol–water partition coefficient (Wildman–Crippen LogP) is 0.420. The Morgan fingerprint density at radius 3 is 2.24 bits per heavy atom. The summed E-state index contributed by atoms with van der Waals surface area (Å²) in [6.07, 6.45) is 1.44. The Bertz CT molecular complexity index is 795. The van der Waals surface area contributed by atoms with Crippen molar-refractivity contribution in [2.24, 2.45) is 0 Å². The lowest BCUT2D eigenvalue weighted by Gasteiger charge is -2.43. The summed E-state index contributed by atoms with van der Waals surface area (Å²) in [5.74, 6) is 1.07. The van der Waals surface area contributed by atoms with Crippen LogP contribution in [0.1, 0.15) is 45.3 Å².